The Bertz CT molecular complexity index is 892. The summed E-state index contributed by atoms with van der Waals surface area (Å²) in [6, 6.07) is 12.2. The fourth-order valence-electron chi connectivity index (χ4n) is 3.20. The number of nitrogens with zero attached hydrogens (tertiary/aromatic N) is 1. The van der Waals surface area contributed by atoms with Gasteiger partial charge in [0, 0.05) is 31.3 Å². The Morgan fingerprint density at radius 3 is 2.67 bits per heavy atom. The number of benzene rings is 2. The average molecular weight is 366 g/mol. The third kappa shape index (κ3) is 4.16. The highest BCUT2D eigenvalue weighted by molar-refractivity contribution is 6.07. The van der Waals surface area contributed by atoms with Gasteiger partial charge in [0.2, 0.25) is 5.91 Å². The van der Waals surface area contributed by atoms with Crippen LogP contribution in [0.3, 0.4) is 0 Å². The molecule has 3 rings (SSSR count). The van der Waals surface area contributed by atoms with E-state index in [-0.39, 0.29) is 23.1 Å². The lowest BCUT2D eigenvalue weighted by atomic mass is 10.00. The van der Waals surface area contributed by atoms with Crippen molar-refractivity contribution in [3.8, 4) is 5.75 Å². The molecule has 2 amide bonds. The molecule has 0 fully saturated rings. The minimum absolute atomic E-state index is 0.136. The van der Waals surface area contributed by atoms with Crippen LogP contribution in [0, 0.1) is 0 Å². The summed E-state index contributed by atoms with van der Waals surface area (Å²) in [5.74, 6) is -0.481. The number of hydrogen-bond acceptors (Lipinski definition) is 4. The van der Waals surface area contributed by atoms with Crippen LogP contribution in [-0.2, 0) is 16.0 Å². The van der Waals surface area contributed by atoms with E-state index in [1.54, 1.807) is 35.2 Å². The lowest BCUT2D eigenvalue weighted by Crippen LogP contribution is -2.35. The third-order valence-electron chi connectivity index (χ3n) is 4.37. The molecule has 0 bridgehead atoms. The van der Waals surface area contributed by atoms with Crippen molar-refractivity contribution in [1.82, 2.24) is 0 Å². The largest absolute Gasteiger partial charge is 0.426 e. The van der Waals surface area contributed by atoms with Gasteiger partial charge in [0.25, 0.3) is 5.91 Å². The second kappa shape index (κ2) is 8.03. The van der Waals surface area contributed by atoms with E-state index in [0.717, 1.165) is 17.7 Å². The van der Waals surface area contributed by atoms with Crippen LogP contribution in [0.15, 0.2) is 42.5 Å². The predicted molar refractivity (Wildman–Crippen MR) is 103 cm³/mol. The first-order valence-corrected chi connectivity index (χ1v) is 9.01. The van der Waals surface area contributed by atoms with Crippen molar-refractivity contribution in [2.75, 3.05) is 16.8 Å². The molecule has 0 radical (unpaired) electrons. The van der Waals surface area contributed by atoms with E-state index in [4.69, 9.17) is 4.74 Å². The number of aryl methyl sites for hydroxylation is 1. The highest BCUT2D eigenvalue weighted by Crippen LogP contribution is 2.31. The summed E-state index contributed by atoms with van der Waals surface area (Å²) in [6.07, 6.45) is 2.01. The number of nitrogens with one attached hydrogen (secondary N) is 1. The van der Waals surface area contributed by atoms with E-state index >= 15 is 0 Å². The van der Waals surface area contributed by atoms with Crippen LogP contribution in [0.1, 0.15) is 42.6 Å². The van der Waals surface area contributed by atoms with Crippen LogP contribution >= 0.6 is 0 Å². The van der Waals surface area contributed by atoms with Gasteiger partial charge in [-0.25, -0.2) is 0 Å². The molecule has 0 saturated carbocycles. The molecule has 6 nitrogen and oxygen atoms in total. The number of hydrogen-bond donors (Lipinski definition) is 1. The number of fused-ring (bicyclic) bond motifs is 1. The first-order chi connectivity index (χ1) is 13.0. The van der Waals surface area contributed by atoms with Crippen LogP contribution in [0.5, 0.6) is 5.75 Å². The minimum atomic E-state index is -0.482. The van der Waals surface area contributed by atoms with Gasteiger partial charge in [-0.05, 0) is 48.7 Å². The molecular formula is C21H22N2O4. The molecule has 140 valence electrons. The number of rotatable bonds is 5. The van der Waals surface area contributed by atoms with Crippen molar-refractivity contribution in [1.29, 1.82) is 0 Å². The monoisotopic (exact) mass is 366 g/mol. The standard InChI is InChI=1S/C21H22N2O4/c1-3-12-23-18-10-9-16(13-15(18)8-11-20(23)25)22-21(26)17-6-4-5-7-19(17)27-14(2)24/h4-7,9-10,13H,3,8,11-12H2,1-2H3,(H,22,26). The van der Waals surface area contributed by atoms with Gasteiger partial charge in [-0.2, -0.15) is 0 Å². The number of amides is 2. The van der Waals surface area contributed by atoms with Gasteiger partial charge in [-0.15, -0.1) is 0 Å². The fourth-order valence-corrected chi connectivity index (χ4v) is 3.20. The summed E-state index contributed by atoms with van der Waals surface area (Å²) >= 11 is 0. The van der Waals surface area contributed by atoms with Crippen LogP contribution in [-0.4, -0.2) is 24.3 Å². The molecule has 0 unspecified atom stereocenters. The smallest absolute Gasteiger partial charge is 0.308 e. The van der Waals surface area contributed by atoms with Gasteiger partial charge in [0.1, 0.15) is 5.75 Å². The van der Waals surface area contributed by atoms with E-state index in [1.165, 1.54) is 6.92 Å². The number of carbonyl (C=O) groups excluding carboxylic acids is 3. The second-order valence-electron chi connectivity index (χ2n) is 6.43. The van der Waals surface area contributed by atoms with Crippen LogP contribution < -0.4 is 15.0 Å². The molecule has 2 aromatic rings. The summed E-state index contributed by atoms with van der Waals surface area (Å²) < 4.78 is 5.10. The Balaban J connectivity index is 1.82. The highest BCUT2D eigenvalue weighted by Gasteiger charge is 2.24. The van der Waals surface area contributed by atoms with E-state index in [2.05, 4.69) is 5.32 Å². The zero-order chi connectivity index (χ0) is 19.4. The number of anilines is 2. The Hall–Kier alpha value is -3.15. The first-order valence-electron chi connectivity index (χ1n) is 9.01. The minimum Gasteiger partial charge on any atom is -0.426 e. The van der Waals surface area contributed by atoms with Crippen molar-refractivity contribution in [3.63, 3.8) is 0 Å². The average Bonchev–Trinajstić information content (AvgIpc) is 2.64. The Morgan fingerprint density at radius 1 is 1.15 bits per heavy atom. The van der Waals surface area contributed by atoms with Crippen LogP contribution in [0.25, 0.3) is 0 Å². The van der Waals surface area contributed by atoms with Crippen LogP contribution in [0.2, 0.25) is 0 Å². The van der Waals surface area contributed by atoms with Gasteiger partial charge < -0.3 is 15.0 Å². The summed E-state index contributed by atoms with van der Waals surface area (Å²) in [7, 11) is 0. The van der Waals surface area contributed by atoms with Crippen molar-refractivity contribution in [2.45, 2.75) is 33.1 Å². The molecule has 1 N–H and O–H groups in total. The molecule has 0 spiro atoms. The number of esters is 1. The predicted octanol–water partition coefficient (Wildman–Crippen LogP) is 3.55. The lowest BCUT2D eigenvalue weighted by Gasteiger charge is -2.29. The van der Waals surface area contributed by atoms with Crippen molar-refractivity contribution in [3.05, 3.63) is 53.6 Å². The van der Waals surface area contributed by atoms with Gasteiger partial charge in [0.15, 0.2) is 0 Å². The molecule has 1 aliphatic heterocycles. The van der Waals surface area contributed by atoms with Crippen molar-refractivity contribution < 1.29 is 19.1 Å². The zero-order valence-corrected chi connectivity index (χ0v) is 15.5. The maximum absolute atomic E-state index is 12.6. The second-order valence-corrected chi connectivity index (χ2v) is 6.43. The summed E-state index contributed by atoms with van der Waals surface area (Å²) in [5, 5.41) is 2.85. The molecule has 0 aliphatic carbocycles. The molecule has 0 aromatic heterocycles. The summed E-state index contributed by atoms with van der Waals surface area (Å²) in [5.41, 5.74) is 2.87. The third-order valence-corrected chi connectivity index (χ3v) is 4.37. The normalized spacial score (nSPS) is 13.1. The van der Waals surface area contributed by atoms with E-state index in [9.17, 15) is 14.4 Å². The molecule has 1 aliphatic rings. The SMILES string of the molecule is CCCN1C(=O)CCc2cc(NC(=O)c3ccccc3OC(C)=O)ccc21. The number of para-hydroxylation sites is 1. The van der Waals surface area contributed by atoms with E-state index < -0.39 is 5.97 Å². The van der Waals surface area contributed by atoms with Crippen molar-refractivity contribution in [2.24, 2.45) is 0 Å². The van der Waals surface area contributed by atoms with Gasteiger partial charge >= 0.3 is 5.97 Å². The van der Waals surface area contributed by atoms with E-state index in [1.807, 2.05) is 19.1 Å². The number of ether oxygens (including phenoxy) is 1. The Morgan fingerprint density at radius 2 is 1.93 bits per heavy atom. The fraction of sp³-hybridized carbons (Fsp3) is 0.286. The van der Waals surface area contributed by atoms with Gasteiger partial charge in [0.05, 0.1) is 5.56 Å². The first kappa shape index (κ1) is 18.6. The Labute approximate surface area is 158 Å². The molecule has 2 aromatic carbocycles. The molecule has 27 heavy (non-hydrogen) atoms. The van der Waals surface area contributed by atoms with Crippen molar-refractivity contribution >= 4 is 29.2 Å². The molecular weight excluding hydrogens is 344 g/mol. The summed E-state index contributed by atoms with van der Waals surface area (Å²) in [4.78, 5) is 37.8. The summed E-state index contributed by atoms with van der Waals surface area (Å²) in [6.45, 7) is 4.02. The van der Waals surface area contributed by atoms with E-state index in [0.29, 0.717) is 25.1 Å². The Kier molecular flexibility index (Phi) is 5.54. The molecule has 6 heteroatoms. The maximum atomic E-state index is 12.6. The topological polar surface area (TPSA) is 75.7 Å². The lowest BCUT2D eigenvalue weighted by molar-refractivity contribution is -0.131. The zero-order valence-electron chi connectivity index (χ0n) is 15.5. The molecule has 0 atom stereocenters. The van der Waals surface area contributed by atoms with Gasteiger partial charge in [-0.1, -0.05) is 19.1 Å². The maximum Gasteiger partial charge on any atom is 0.308 e. The van der Waals surface area contributed by atoms with Crippen LogP contribution in [0.4, 0.5) is 11.4 Å². The van der Waals surface area contributed by atoms with Gasteiger partial charge in [-0.3, -0.25) is 14.4 Å². The highest BCUT2D eigenvalue weighted by atomic mass is 16.5. The number of carbonyl (C=O) groups is 3. The molecule has 1 heterocycles. The quantitative estimate of drug-likeness (QED) is 0.648. The molecule has 0 saturated heterocycles.